The molecule has 0 radical (unpaired) electrons. The standard InChI is InChI=1S/C16H16N2O/c1-2-6-15-18-14-10-12(9-13(17)16(14)19-15)11-7-4-3-5-8-11/h3-5,7-10H,2,6,17H2,1H3. The van der Waals surface area contributed by atoms with Gasteiger partial charge in [-0.05, 0) is 29.7 Å². The Balaban J connectivity index is 2.13. The summed E-state index contributed by atoms with van der Waals surface area (Å²) < 4.78 is 5.69. The van der Waals surface area contributed by atoms with Gasteiger partial charge in [-0.1, -0.05) is 37.3 Å². The normalized spacial score (nSPS) is 11.0. The average molecular weight is 252 g/mol. The van der Waals surface area contributed by atoms with Crippen LogP contribution in [-0.4, -0.2) is 4.98 Å². The van der Waals surface area contributed by atoms with Crippen LogP contribution in [0.3, 0.4) is 0 Å². The van der Waals surface area contributed by atoms with E-state index in [1.807, 2.05) is 30.3 Å². The lowest BCUT2D eigenvalue weighted by Gasteiger charge is -2.02. The number of hydrogen-bond donors (Lipinski definition) is 1. The fourth-order valence-corrected chi connectivity index (χ4v) is 2.22. The van der Waals surface area contributed by atoms with Crippen LogP contribution in [0.1, 0.15) is 19.2 Å². The third-order valence-electron chi connectivity index (χ3n) is 3.13. The van der Waals surface area contributed by atoms with Gasteiger partial charge in [0, 0.05) is 6.42 Å². The number of hydrogen-bond acceptors (Lipinski definition) is 3. The molecule has 0 fully saturated rings. The summed E-state index contributed by atoms with van der Waals surface area (Å²) in [5.41, 5.74) is 10.5. The summed E-state index contributed by atoms with van der Waals surface area (Å²) in [5.74, 6) is 0.759. The molecule has 0 amide bonds. The third-order valence-corrected chi connectivity index (χ3v) is 3.13. The summed E-state index contributed by atoms with van der Waals surface area (Å²) in [4.78, 5) is 4.50. The second-order valence-corrected chi connectivity index (χ2v) is 4.64. The van der Waals surface area contributed by atoms with E-state index in [1.54, 1.807) is 0 Å². The SMILES string of the molecule is CCCc1nc2cc(-c3ccccc3)cc(N)c2o1. The lowest BCUT2D eigenvalue weighted by molar-refractivity contribution is 0.526. The van der Waals surface area contributed by atoms with Crippen molar-refractivity contribution in [3.05, 3.63) is 48.4 Å². The highest BCUT2D eigenvalue weighted by Gasteiger charge is 2.10. The van der Waals surface area contributed by atoms with Crippen LogP contribution in [0.25, 0.3) is 22.2 Å². The molecule has 3 nitrogen and oxygen atoms in total. The van der Waals surface area contributed by atoms with Gasteiger partial charge in [-0.2, -0.15) is 0 Å². The van der Waals surface area contributed by atoms with E-state index in [1.165, 1.54) is 0 Å². The molecule has 3 heteroatoms. The smallest absolute Gasteiger partial charge is 0.195 e. The molecular formula is C16H16N2O. The van der Waals surface area contributed by atoms with Crippen LogP contribution in [0.5, 0.6) is 0 Å². The van der Waals surface area contributed by atoms with Gasteiger partial charge in [0.25, 0.3) is 0 Å². The largest absolute Gasteiger partial charge is 0.439 e. The summed E-state index contributed by atoms with van der Waals surface area (Å²) >= 11 is 0. The summed E-state index contributed by atoms with van der Waals surface area (Å²) in [6.07, 6.45) is 1.85. The molecule has 0 saturated carbocycles. The van der Waals surface area contributed by atoms with Gasteiger partial charge >= 0.3 is 0 Å². The zero-order chi connectivity index (χ0) is 13.2. The number of nitrogens with zero attached hydrogens (tertiary/aromatic N) is 1. The van der Waals surface area contributed by atoms with Crippen LogP contribution in [0.4, 0.5) is 5.69 Å². The quantitative estimate of drug-likeness (QED) is 0.716. The molecule has 19 heavy (non-hydrogen) atoms. The highest BCUT2D eigenvalue weighted by atomic mass is 16.3. The van der Waals surface area contributed by atoms with Crippen molar-refractivity contribution in [3.63, 3.8) is 0 Å². The van der Waals surface area contributed by atoms with Crippen molar-refractivity contribution >= 4 is 16.8 Å². The molecule has 3 rings (SSSR count). The Kier molecular flexibility index (Phi) is 2.95. The topological polar surface area (TPSA) is 52.0 Å². The number of benzene rings is 2. The van der Waals surface area contributed by atoms with E-state index in [4.69, 9.17) is 10.2 Å². The first kappa shape index (κ1) is 11.8. The first-order chi connectivity index (χ1) is 9.28. The minimum Gasteiger partial charge on any atom is -0.439 e. The number of anilines is 1. The van der Waals surface area contributed by atoms with E-state index < -0.39 is 0 Å². The van der Waals surface area contributed by atoms with Crippen molar-refractivity contribution in [2.24, 2.45) is 0 Å². The molecule has 1 aromatic heterocycles. The number of nitrogens with two attached hydrogens (primary N) is 1. The van der Waals surface area contributed by atoms with Gasteiger partial charge in [-0.3, -0.25) is 0 Å². The summed E-state index contributed by atoms with van der Waals surface area (Å²) in [6, 6.07) is 14.1. The number of nitrogen functional groups attached to an aromatic ring is 1. The fraction of sp³-hybridized carbons (Fsp3) is 0.188. The van der Waals surface area contributed by atoms with E-state index >= 15 is 0 Å². The zero-order valence-electron chi connectivity index (χ0n) is 10.9. The number of aromatic nitrogens is 1. The molecule has 0 spiro atoms. The van der Waals surface area contributed by atoms with E-state index in [2.05, 4.69) is 24.0 Å². The van der Waals surface area contributed by atoms with Crippen LogP contribution < -0.4 is 5.73 Å². The molecule has 0 unspecified atom stereocenters. The molecule has 3 aromatic rings. The second kappa shape index (κ2) is 4.76. The molecule has 0 atom stereocenters. The van der Waals surface area contributed by atoms with Crippen molar-refractivity contribution in [3.8, 4) is 11.1 Å². The minimum atomic E-state index is 0.645. The van der Waals surface area contributed by atoms with Gasteiger partial charge in [0.05, 0.1) is 5.69 Å². The van der Waals surface area contributed by atoms with Crippen LogP contribution in [0, 0.1) is 0 Å². The van der Waals surface area contributed by atoms with Crippen molar-refractivity contribution in [1.29, 1.82) is 0 Å². The maximum atomic E-state index is 6.07. The first-order valence-corrected chi connectivity index (χ1v) is 6.52. The lowest BCUT2D eigenvalue weighted by atomic mass is 10.0. The van der Waals surface area contributed by atoms with E-state index in [9.17, 15) is 0 Å². The molecule has 0 aliphatic carbocycles. The molecule has 0 bridgehead atoms. The summed E-state index contributed by atoms with van der Waals surface area (Å²) in [5, 5.41) is 0. The lowest BCUT2D eigenvalue weighted by Crippen LogP contribution is -1.87. The summed E-state index contributed by atoms with van der Waals surface area (Å²) in [7, 11) is 0. The van der Waals surface area contributed by atoms with Gasteiger partial charge in [0.1, 0.15) is 5.52 Å². The van der Waals surface area contributed by atoms with Gasteiger partial charge in [-0.15, -0.1) is 0 Å². The Hall–Kier alpha value is -2.29. The van der Waals surface area contributed by atoms with E-state index in [0.29, 0.717) is 11.3 Å². The number of aryl methyl sites for hydroxylation is 1. The maximum absolute atomic E-state index is 6.07. The minimum absolute atomic E-state index is 0.645. The van der Waals surface area contributed by atoms with Crippen molar-refractivity contribution < 1.29 is 4.42 Å². The Morgan fingerprint density at radius 3 is 2.63 bits per heavy atom. The predicted octanol–water partition coefficient (Wildman–Crippen LogP) is 4.03. The van der Waals surface area contributed by atoms with Crippen LogP contribution in [0.15, 0.2) is 46.9 Å². The Labute approximate surface area is 112 Å². The van der Waals surface area contributed by atoms with Gasteiger partial charge in [-0.25, -0.2) is 4.98 Å². The van der Waals surface area contributed by atoms with Crippen LogP contribution >= 0.6 is 0 Å². The molecule has 96 valence electrons. The maximum Gasteiger partial charge on any atom is 0.195 e. The monoisotopic (exact) mass is 252 g/mol. The predicted molar refractivity (Wildman–Crippen MR) is 77.9 cm³/mol. The van der Waals surface area contributed by atoms with Crippen molar-refractivity contribution in [1.82, 2.24) is 4.98 Å². The number of oxazole rings is 1. The number of rotatable bonds is 3. The molecule has 0 aliphatic rings. The third kappa shape index (κ3) is 2.19. The highest BCUT2D eigenvalue weighted by molar-refractivity contribution is 5.90. The van der Waals surface area contributed by atoms with Crippen molar-refractivity contribution in [2.45, 2.75) is 19.8 Å². The first-order valence-electron chi connectivity index (χ1n) is 6.52. The molecule has 1 heterocycles. The fourth-order valence-electron chi connectivity index (χ4n) is 2.22. The molecule has 0 saturated heterocycles. The van der Waals surface area contributed by atoms with Crippen molar-refractivity contribution in [2.75, 3.05) is 5.73 Å². The molecule has 2 N–H and O–H groups in total. The average Bonchev–Trinajstić information content (AvgIpc) is 2.83. The Morgan fingerprint density at radius 2 is 1.89 bits per heavy atom. The zero-order valence-corrected chi connectivity index (χ0v) is 10.9. The Morgan fingerprint density at radius 1 is 1.11 bits per heavy atom. The van der Waals surface area contributed by atoms with Crippen LogP contribution in [0.2, 0.25) is 0 Å². The summed E-state index contributed by atoms with van der Waals surface area (Å²) in [6.45, 7) is 2.10. The molecular weight excluding hydrogens is 236 g/mol. The molecule has 2 aromatic carbocycles. The van der Waals surface area contributed by atoms with E-state index in [-0.39, 0.29) is 0 Å². The van der Waals surface area contributed by atoms with Gasteiger partial charge in [0.2, 0.25) is 0 Å². The number of fused-ring (bicyclic) bond motifs is 1. The van der Waals surface area contributed by atoms with E-state index in [0.717, 1.165) is 35.4 Å². The second-order valence-electron chi connectivity index (χ2n) is 4.64. The molecule has 0 aliphatic heterocycles. The van der Waals surface area contributed by atoms with Crippen LogP contribution in [-0.2, 0) is 6.42 Å². The van der Waals surface area contributed by atoms with Gasteiger partial charge < -0.3 is 10.2 Å². The van der Waals surface area contributed by atoms with Gasteiger partial charge in [0.15, 0.2) is 11.5 Å². The Bertz CT molecular complexity index is 701. The highest BCUT2D eigenvalue weighted by Crippen LogP contribution is 2.29.